The lowest BCUT2D eigenvalue weighted by Gasteiger charge is -2.19. The summed E-state index contributed by atoms with van der Waals surface area (Å²) in [4.78, 5) is 23.6. The number of carbonyl (C=O) groups excluding carboxylic acids is 1. The van der Waals surface area contributed by atoms with E-state index < -0.39 is 23.8 Å². The summed E-state index contributed by atoms with van der Waals surface area (Å²) < 4.78 is 46.5. The molecule has 1 fully saturated rings. The molecule has 1 aromatic heterocycles. The van der Waals surface area contributed by atoms with Gasteiger partial charge in [-0.1, -0.05) is 18.2 Å². The van der Waals surface area contributed by atoms with Crippen LogP contribution in [0, 0.1) is 17.7 Å². The molecular formula is C25H30ClF3N4O2. The molecule has 1 saturated heterocycles. The third-order valence-corrected chi connectivity index (χ3v) is 7.05. The largest absolute Gasteiger partial charge is 0.379 e. The quantitative estimate of drug-likeness (QED) is 0.503. The van der Waals surface area contributed by atoms with Crippen LogP contribution >= 0.6 is 11.6 Å². The first kappa shape index (κ1) is 25.9. The lowest BCUT2D eigenvalue weighted by molar-refractivity contribution is -0.124. The fourth-order valence-corrected chi connectivity index (χ4v) is 5.09. The molecule has 1 N–H and O–H groups in total. The van der Waals surface area contributed by atoms with E-state index in [1.807, 2.05) is 7.05 Å². The van der Waals surface area contributed by atoms with Crippen LogP contribution < -0.4 is 5.32 Å². The molecule has 10 heteroatoms. The summed E-state index contributed by atoms with van der Waals surface area (Å²) in [5, 5.41) is 3.21. The van der Waals surface area contributed by atoms with Gasteiger partial charge in [0.1, 0.15) is 17.4 Å². The summed E-state index contributed by atoms with van der Waals surface area (Å²) in [5.41, 5.74) is 1.18. The molecule has 0 spiro atoms. The normalized spacial score (nSPS) is 21.6. The number of anilines is 1. The molecule has 2 unspecified atom stereocenters. The first-order chi connectivity index (χ1) is 16.7. The minimum Gasteiger partial charge on any atom is -0.379 e. The van der Waals surface area contributed by atoms with Crippen molar-refractivity contribution in [3.05, 3.63) is 51.7 Å². The second-order valence-corrected chi connectivity index (χ2v) is 9.84. The van der Waals surface area contributed by atoms with Crippen LogP contribution in [0.2, 0.25) is 5.28 Å². The van der Waals surface area contributed by atoms with E-state index in [0.717, 1.165) is 23.9 Å². The van der Waals surface area contributed by atoms with Gasteiger partial charge in [0.15, 0.2) is 0 Å². The van der Waals surface area contributed by atoms with Crippen molar-refractivity contribution in [1.82, 2.24) is 14.9 Å². The summed E-state index contributed by atoms with van der Waals surface area (Å²) >= 11 is 6.15. The Kier molecular flexibility index (Phi) is 8.29. The standard InChI is InChI=1S/C25H30ClF3N4O2/c1-14(17-4-3-5-18(22(17)27)23(28)29)30-24-19-10-15(11-20(19)31-25(26)32-24)6-7-21(34)16-12-33(2)8-9-35-13-16/h3-5,14-16,23H,6-13H2,1-2H3,(H,30,31,32)/t14-,15?,16?/m1/s1. The van der Waals surface area contributed by atoms with Crippen molar-refractivity contribution in [1.29, 1.82) is 0 Å². The number of ketones is 1. The van der Waals surface area contributed by atoms with Gasteiger partial charge < -0.3 is 15.0 Å². The molecule has 1 aliphatic heterocycles. The van der Waals surface area contributed by atoms with Gasteiger partial charge in [-0.2, -0.15) is 0 Å². The predicted molar refractivity (Wildman–Crippen MR) is 127 cm³/mol. The maximum absolute atomic E-state index is 14.6. The molecule has 2 aromatic rings. The lowest BCUT2D eigenvalue weighted by Crippen LogP contribution is -2.31. The van der Waals surface area contributed by atoms with E-state index in [9.17, 15) is 18.0 Å². The minimum atomic E-state index is -2.90. The van der Waals surface area contributed by atoms with Crippen LogP contribution in [0.15, 0.2) is 18.2 Å². The SMILES string of the molecule is C[C@@H](Nc1nc(Cl)nc2c1CC(CCC(=O)C1COCCN(C)C1)C2)c1cccc(C(F)F)c1F. The topological polar surface area (TPSA) is 67.3 Å². The summed E-state index contributed by atoms with van der Waals surface area (Å²) in [6.45, 7) is 4.32. The summed E-state index contributed by atoms with van der Waals surface area (Å²) in [6.07, 6.45) is -0.382. The Labute approximate surface area is 208 Å². The predicted octanol–water partition coefficient (Wildman–Crippen LogP) is 5.02. The van der Waals surface area contributed by atoms with Crippen LogP contribution in [-0.2, 0) is 22.4 Å². The molecule has 0 amide bonds. The van der Waals surface area contributed by atoms with E-state index >= 15 is 0 Å². The van der Waals surface area contributed by atoms with Gasteiger partial charge in [-0.05, 0) is 50.8 Å². The molecule has 35 heavy (non-hydrogen) atoms. The number of benzene rings is 1. The van der Waals surface area contributed by atoms with E-state index in [1.54, 1.807) is 6.92 Å². The smallest absolute Gasteiger partial charge is 0.266 e. The van der Waals surface area contributed by atoms with E-state index in [2.05, 4.69) is 20.2 Å². The number of nitrogens with one attached hydrogen (secondary N) is 1. The van der Waals surface area contributed by atoms with Crippen LogP contribution in [0.25, 0.3) is 0 Å². The van der Waals surface area contributed by atoms with Gasteiger partial charge in [-0.3, -0.25) is 4.79 Å². The Balaban J connectivity index is 1.42. The van der Waals surface area contributed by atoms with Gasteiger partial charge in [0.25, 0.3) is 6.43 Å². The monoisotopic (exact) mass is 510 g/mol. The van der Waals surface area contributed by atoms with Gasteiger partial charge in [0.05, 0.1) is 36.4 Å². The van der Waals surface area contributed by atoms with Crippen molar-refractivity contribution >= 4 is 23.2 Å². The van der Waals surface area contributed by atoms with Crippen molar-refractivity contribution in [2.24, 2.45) is 11.8 Å². The number of Topliss-reactive ketones (excluding diaryl/α,β-unsaturated/α-hetero) is 1. The molecule has 6 nitrogen and oxygen atoms in total. The van der Waals surface area contributed by atoms with E-state index in [4.69, 9.17) is 16.3 Å². The number of ether oxygens (including phenoxy) is 1. The number of halogens is 4. The number of fused-ring (bicyclic) bond motifs is 1. The molecule has 4 rings (SSSR count). The first-order valence-electron chi connectivity index (χ1n) is 11.9. The molecule has 0 radical (unpaired) electrons. The first-order valence-corrected chi connectivity index (χ1v) is 12.3. The molecule has 1 aliphatic carbocycles. The van der Waals surface area contributed by atoms with E-state index in [-0.39, 0.29) is 28.5 Å². The van der Waals surface area contributed by atoms with Crippen LogP contribution in [0.5, 0.6) is 0 Å². The number of hydrogen-bond donors (Lipinski definition) is 1. The number of nitrogens with zero attached hydrogens (tertiary/aromatic N) is 3. The van der Waals surface area contributed by atoms with Crippen LogP contribution in [0.3, 0.4) is 0 Å². The maximum Gasteiger partial charge on any atom is 0.266 e. The fourth-order valence-electron chi connectivity index (χ4n) is 4.91. The second kappa shape index (κ2) is 11.2. The molecular weight excluding hydrogens is 481 g/mol. The summed E-state index contributed by atoms with van der Waals surface area (Å²) in [7, 11) is 2.00. The maximum atomic E-state index is 14.6. The Morgan fingerprint density at radius 1 is 1.29 bits per heavy atom. The number of rotatable bonds is 8. The van der Waals surface area contributed by atoms with Crippen molar-refractivity contribution in [3.8, 4) is 0 Å². The highest BCUT2D eigenvalue weighted by atomic mass is 35.5. The molecule has 3 atom stereocenters. The Morgan fingerprint density at radius 3 is 2.83 bits per heavy atom. The minimum absolute atomic E-state index is 0.0654. The molecule has 0 bridgehead atoms. The Bertz CT molecular complexity index is 1070. The van der Waals surface area contributed by atoms with Crippen LogP contribution in [0.1, 0.15) is 54.6 Å². The van der Waals surface area contributed by atoms with E-state index in [1.165, 1.54) is 12.1 Å². The van der Waals surface area contributed by atoms with Crippen LogP contribution in [-0.4, -0.2) is 54.0 Å². The highest BCUT2D eigenvalue weighted by Crippen LogP contribution is 2.36. The van der Waals surface area contributed by atoms with Gasteiger partial charge in [-0.25, -0.2) is 23.1 Å². The van der Waals surface area contributed by atoms with Crippen molar-refractivity contribution in [2.45, 2.75) is 45.1 Å². The van der Waals surface area contributed by atoms with Gasteiger partial charge in [-0.15, -0.1) is 0 Å². The zero-order valence-electron chi connectivity index (χ0n) is 19.9. The number of hydrogen-bond acceptors (Lipinski definition) is 6. The number of alkyl halides is 2. The number of likely N-dealkylation sites (N-methyl/N-ethyl adjacent to an activating group) is 1. The molecule has 2 aliphatic rings. The summed E-state index contributed by atoms with van der Waals surface area (Å²) in [5.74, 6) is -0.149. The van der Waals surface area contributed by atoms with Crippen molar-refractivity contribution in [2.75, 3.05) is 38.7 Å². The average Bonchev–Trinajstić information content (AvgIpc) is 3.09. The molecule has 2 heterocycles. The zero-order chi connectivity index (χ0) is 25.1. The molecule has 0 saturated carbocycles. The van der Waals surface area contributed by atoms with Gasteiger partial charge in [0, 0.05) is 30.6 Å². The molecule has 1 aromatic carbocycles. The Hall–Kier alpha value is -2.23. The van der Waals surface area contributed by atoms with Crippen molar-refractivity contribution < 1.29 is 22.7 Å². The highest BCUT2D eigenvalue weighted by Gasteiger charge is 2.30. The van der Waals surface area contributed by atoms with Crippen LogP contribution in [0.4, 0.5) is 19.0 Å². The third kappa shape index (κ3) is 6.13. The Morgan fingerprint density at radius 2 is 2.06 bits per heavy atom. The average molecular weight is 511 g/mol. The number of aromatic nitrogens is 2. The second-order valence-electron chi connectivity index (χ2n) is 9.50. The van der Waals surface area contributed by atoms with Crippen molar-refractivity contribution in [3.63, 3.8) is 0 Å². The van der Waals surface area contributed by atoms with Gasteiger partial charge >= 0.3 is 0 Å². The van der Waals surface area contributed by atoms with E-state index in [0.29, 0.717) is 51.3 Å². The van der Waals surface area contributed by atoms with Gasteiger partial charge in [0.2, 0.25) is 5.28 Å². The lowest BCUT2D eigenvalue weighted by atomic mass is 9.94. The molecule has 190 valence electrons. The fraction of sp³-hybridized carbons (Fsp3) is 0.560. The highest BCUT2D eigenvalue weighted by molar-refractivity contribution is 6.28. The zero-order valence-corrected chi connectivity index (χ0v) is 20.6. The summed E-state index contributed by atoms with van der Waals surface area (Å²) in [6, 6.07) is 3.36. The number of carbonyl (C=O) groups is 1. The third-order valence-electron chi connectivity index (χ3n) is 6.88.